The van der Waals surface area contributed by atoms with Crippen LogP contribution in [0.2, 0.25) is 0 Å². The molecule has 0 saturated carbocycles. The van der Waals surface area contributed by atoms with Crippen LogP contribution in [0.25, 0.3) is 5.00 Å². The second-order valence-corrected chi connectivity index (χ2v) is 8.99. The second-order valence-electron chi connectivity index (χ2n) is 7.90. The quantitative estimate of drug-likeness (QED) is 0.520. The van der Waals surface area contributed by atoms with Crippen molar-refractivity contribution in [1.29, 1.82) is 0 Å². The lowest BCUT2D eigenvalue weighted by atomic mass is 9.95. The van der Waals surface area contributed by atoms with Crippen molar-refractivity contribution in [2.24, 2.45) is 0 Å². The van der Waals surface area contributed by atoms with Gasteiger partial charge in [-0.2, -0.15) is 0 Å². The van der Waals surface area contributed by atoms with Gasteiger partial charge in [0.2, 0.25) is 0 Å². The fraction of sp³-hybridized carbons (Fsp3) is 0.348. The predicted molar refractivity (Wildman–Crippen MR) is 114 cm³/mol. The normalized spacial score (nSPS) is 17.7. The molecule has 1 atom stereocenters. The van der Waals surface area contributed by atoms with Crippen LogP contribution < -0.4 is 5.32 Å². The van der Waals surface area contributed by atoms with Crippen molar-refractivity contribution < 1.29 is 13.6 Å². The Morgan fingerprint density at radius 2 is 2.03 bits per heavy atom. The molecule has 3 heterocycles. The zero-order valence-corrected chi connectivity index (χ0v) is 17.6. The summed E-state index contributed by atoms with van der Waals surface area (Å²) < 4.78 is 30.0. The second kappa shape index (κ2) is 7.54. The zero-order chi connectivity index (χ0) is 20.8. The molecule has 3 aromatic rings. The van der Waals surface area contributed by atoms with E-state index in [1.165, 1.54) is 27.4 Å². The van der Waals surface area contributed by atoms with Gasteiger partial charge in [-0.1, -0.05) is 6.92 Å². The van der Waals surface area contributed by atoms with E-state index in [0.717, 1.165) is 49.6 Å². The Kier molecular flexibility index (Phi) is 4.85. The molecule has 1 N–H and O–H groups in total. The first-order chi connectivity index (χ1) is 14.6. The van der Waals surface area contributed by atoms with E-state index in [2.05, 4.69) is 16.1 Å². The highest BCUT2D eigenvalue weighted by Crippen LogP contribution is 2.43. The van der Waals surface area contributed by atoms with Gasteiger partial charge in [0.1, 0.15) is 16.6 Å². The number of amides is 2. The molecule has 30 heavy (non-hydrogen) atoms. The zero-order valence-electron chi connectivity index (χ0n) is 16.8. The summed E-state index contributed by atoms with van der Waals surface area (Å²) in [5, 5.41) is 3.79. The number of halogens is 2. The smallest absolute Gasteiger partial charge is 0.312 e. The Balaban J connectivity index is 1.57. The van der Waals surface area contributed by atoms with E-state index in [9.17, 15) is 13.6 Å². The maximum absolute atomic E-state index is 14.2. The van der Waals surface area contributed by atoms with Gasteiger partial charge in [0.25, 0.3) is 0 Å². The fourth-order valence-corrected chi connectivity index (χ4v) is 6.09. The van der Waals surface area contributed by atoms with Gasteiger partial charge < -0.3 is 14.8 Å². The number of carbonyl (C=O) groups is 1. The summed E-state index contributed by atoms with van der Waals surface area (Å²) in [4.78, 5) is 16.5. The Morgan fingerprint density at radius 1 is 1.20 bits per heavy atom. The molecule has 0 radical (unpaired) electrons. The van der Waals surface area contributed by atoms with Crippen LogP contribution >= 0.6 is 11.3 Å². The molecule has 7 heteroatoms. The number of anilines is 1. The lowest BCUT2D eigenvalue weighted by Crippen LogP contribution is -2.37. The first kappa shape index (κ1) is 19.3. The number of fused-ring (bicyclic) bond motifs is 5. The number of aromatic nitrogens is 1. The largest absolute Gasteiger partial charge is 0.322 e. The Hall–Kier alpha value is -2.67. The summed E-state index contributed by atoms with van der Waals surface area (Å²) in [5.74, 6) is -1.23. The number of aryl methyl sites for hydroxylation is 1. The molecule has 0 spiro atoms. The number of nitrogens with one attached hydrogen (secondary N) is 1. The average molecular weight is 428 g/mol. The summed E-state index contributed by atoms with van der Waals surface area (Å²) in [5.41, 5.74) is 3.47. The number of hydrogen-bond donors (Lipinski definition) is 1. The molecule has 2 amide bonds. The minimum atomic E-state index is -0.649. The van der Waals surface area contributed by atoms with Gasteiger partial charge in [-0.15, -0.1) is 11.3 Å². The van der Waals surface area contributed by atoms with Crippen molar-refractivity contribution in [3.63, 3.8) is 0 Å². The molecular formula is C23H23F2N3OS. The standard InChI is InChI=1S/C23H23F2N3OS/c1-2-19-20-7-5-11-27(20)22-16(15-6-3-4-8-21(15)30-22)13-28(19)23(29)26-18-12-14(24)9-10-17(18)25/h5,7,9-12,19H,2-4,6,8,13H2,1H3,(H,26,29)/t19-/m1/s1. The van der Waals surface area contributed by atoms with Gasteiger partial charge in [0.15, 0.2) is 0 Å². The molecule has 0 bridgehead atoms. The van der Waals surface area contributed by atoms with Crippen LogP contribution in [0.15, 0.2) is 36.5 Å². The van der Waals surface area contributed by atoms with E-state index in [1.54, 1.807) is 4.90 Å². The number of thiophene rings is 1. The fourth-order valence-electron chi connectivity index (χ4n) is 4.69. The summed E-state index contributed by atoms with van der Waals surface area (Å²) in [6, 6.07) is 6.58. The van der Waals surface area contributed by atoms with Crippen LogP contribution in [0, 0.1) is 11.6 Å². The number of urea groups is 1. The molecule has 1 aliphatic heterocycles. The van der Waals surface area contributed by atoms with Crippen LogP contribution in [-0.2, 0) is 19.4 Å². The minimum Gasteiger partial charge on any atom is -0.312 e. The van der Waals surface area contributed by atoms with Gasteiger partial charge in [0.05, 0.1) is 18.3 Å². The van der Waals surface area contributed by atoms with Gasteiger partial charge >= 0.3 is 6.03 Å². The highest BCUT2D eigenvalue weighted by molar-refractivity contribution is 7.15. The van der Waals surface area contributed by atoms with Crippen molar-refractivity contribution in [2.45, 2.75) is 51.6 Å². The number of nitrogens with zero attached hydrogens (tertiary/aromatic N) is 2. The third kappa shape index (κ3) is 3.12. The maximum atomic E-state index is 14.2. The van der Waals surface area contributed by atoms with Gasteiger partial charge in [-0.25, -0.2) is 13.6 Å². The average Bonchev–Trinajstić information content (AvgIpc) is 3.33. The third-order valence-corrected chi connectivity index (χ3v) is 7.46. The monoisotopic (exact) mass is 427 g/mol. The van der Waals surface area contributed by atoms with E-state index in [4.69, 9.17) is 0 Å². The highest BCUT2D eigenvalue weighted by Gasteiger charge is 2.34. The highest BCUT2D eigenvalue weighted by atomic mass is 32.1. The predicted octanol–water partition coefficient (Wildman–Crippen LogP) is 6.19. The van der Waals surface area contributed by atoms with Gasteiger partial charge in [-0.05, 0) is 61.9 Å². The number of benzene rings is 1. The Labute approximate surface area is 178 Å². The number of rotatable bonds is 2. The van der Waals surface area contributed by atoms with E-state index in [-0.39, 0.29) is 11.7 Å². The molecule has 0 saturated heterocycles. The molecule has 1 aromatic carbocycles. The van der Waals surface area contributed by atoms with Crippen LogP contribution in [0.3, 0.4) is 0 Å². The summed E-state index contributed by atoms with van der Waals surface area (Å²) in [6.07, 6.45) is 7.26. The summed E-state index contributed by atoms with van der Waals surface area (Å²) in [6.45, 7) is 2.50. The first-order valence-corrected chi connectivity index (χ1v) is 11.2. The molecule has 0 fully saturated rings. The lowest BCUT2D eigenvalue weighted by Gasteiger charge is -2.30. The van der Waals surface area contributed by atoms with Crippen LogP contribution in [0.4, 0.5) is 19.3 Å². The molecule has 2 aliphatic rings. The van der Waals surface area contributed by atoms with E-state index in [1.807, 2.05) is 30.4 Å². The Bertz CT molecular complexity index is 1120. The van der Waals surface area contributed by atoms with Gasteiger partial charge in [-0.3, -0.25) is 0 Å². The molecule has 0 unspecified atom stereocenters. The van der Waals surface area contributed by atoms with Crippen molar-refractivity contribution in [1.82, 2.24) is 9.47 Å². The molecular weight excluding hydrogens is 404 g/mol. The molecule has 156 valence electrons. The van der Waals surface area contributed by atoms with Gasteiger partial charge in [0, 0.05) is 28.4 Å². The lowest BCUT2D eigenvalue weighted by molar-refractivity contribution is 0.181. The minimum absolute atomic E-state index is 0.137. The summed E-state index contributed by atoms with van der Waals surface area (Å²) >= 11 is 1.83. The number of carbonyl (C=O) groups excluding carboxylic acids is 1. The van der Waals surface area contributed by atoms with Crippen LogP contribution in [0.5, 0.6) is 0 Å². The topological polar surface area (TPSA) is 37.3 Å². The van der Waals surface area contributed by atoms with Crippen molar-refractivity contribution in [2.75, 3.05) is 5.32 Å². The van der Waals surface area contributed by atoms with Crippen molar-refractivity contribution >= 4 is 23.1 Å². The van der Waals surface area contributed by atoms with E-state index < -0.39 is 17.7 Å². The third-order valence-electron chi connectivity index (χ3n) is 6.12. The molecule has 4 nitrogen and oxygen atoms in total. The number of hydrogen-bond acceptors (Lipinski definition) is 2. The van der Waals surface area contributed by atoms with Crippen LogP contribution in [-0.4, -0.2) is 15.5 Å². The molecule has 2 aromatic heterocycles. The van der Waals surface area contributed by atoms with Crippen molar-refractivity contribution in [3.05, 3.63) is 69.9 Å². The Morgan fingerprint density at radius 3 is 2.87 bits per heavy atom. The first-order valence-electron chi connectivity index (χ1n) is 10.4. The maximum Gasteiger partial charge on any atom is 0.322 e. The van der Waals surface area contributed by atoms with Crippen molar-refractivity contribution in [3.8, 4) is 5.00 Å². The van der Waals surface area contributed by atoms with E-state index in [0.29, 0.717) is 6.54 Å². The molecule has 5 rings (SSSR count). The molecule has 1 aliphatic carbocycles. The van der Waals surface area contributed by atoms with E-state index >= 15 is 0 Å². The SMILES string of the molecule is CC[C@@H]1c2cccn2-c2sc3c(c2CN1C(=O)Nc1cc(F)ccc1F)CCCC3. The summed E-state index contributed by atoms with van der Waals surface area (Å²) in [7, 11) is 0. The van der Waals surface area contributed by atoms with Crippen LogP contribution in [0.1, 0.15) is 53.9 Å².